The molecule has 2 aromatic carbocycles. The summed E-state index contributed by atoms with van der Waals surface area (Å²) >= 11 is 6.40. The van der Waals surface area contributed by atoms with Gasteiger partial charge in [0.2, 0.25) is 5.91 Å². The van der Waals surface area contributed by atoms with Crippen LogP contribution in [0.2, 0.25) is 5.02 Å². The molecule has 1 heterocycles. The monoisotopic (exact) mass is 457 g/mol. The van der Waals surface area contributed by atoms with E-state index in [0.717, 1.165) is 0 Å². The van der Waals surface area contributed by atoms with Crippen molar-refractivity contribution < 1.29 is 9.59 Å². The molecule has 3 rings (SSSR count). The van der Waals surface area contributed by atoms with E-state index in [0.29, 0.717) is 42.9 Å². The van der Waals surface area contributed by atoms with Gasteiger partial charge >= 0.3 is 0 Å². The summed E-state index contributed by atoms with van der Waals surface area (Å²) in [6.45, 7) is 6.79. The molecule has 0 bridgehead atoms. The summed E-state index contributed by atoms with van der Waals surface area (Å²) in [6, 6.07) is 15.8. The van der Waals surface area contributed by atoms with E-state index in [4.69, 9.17) is 11.6 Å². The highest BCUT2D eigenvalue weighted by Crippen LogP contribution is 2.26. The third-order valence-corrected chi connectivity index (χ3v) is 5.78. The first-order chi connectivity index (χ1) is 15.3. The van der Waals surface area contributed by atoms with Crippen molar-refractivity contribution in [3.63, 3.8) is 0 Å². The van der Waals surface area contributed by atoms with Gasteiger partial charge < -0.3 is 15.5 Å². The fraction of sp³-hybridized carbons (Fsp3) is 0.417. The zero-order chi connectivity index (χ0) is 23.1. The molecule has 0 radical (unpaired) electrons. The Bertz CT molecular complexity index is 911. The molecular weight excluding hydrogens is 426 g/mol. The number of halogens is 1. The molecule has 0 saturated heterocycles. The Kier molecular flexibility index (Phi) is 8.50. The number of benzene rings is 2. The summed E-state index contributed by atoms with van der Waals surface area (Å²) in [5.41, 5.74) is 3.12. The number of hydrazine groups is 1. The predicted octanol–water partition coefficient (Wildman–Crippen LogP) is 2.65. The maximum atomic E-state index is 13.2. The van der Waals surface area contributed by atoms with Gasteiger partial charge in [0.05, 0.1) is 23.8 Å². The normalized spacial score (nSPS) is 13.2. The Morgan fingerprint density at radius 1 is 1.00 bits per heavy atom. The Hall–Kier alpha value is -2.61. The number of hydrogen-bond donors (Lipinski definition) is 2. The van der Waals surface area contributed by atoms with Gasteiger partial charge in [-0.3, -0.25) is 14.6 Å². The van der Waals surface area contributed by atoms with Crippen LogP contribution in [-0.4, -0.2) is 61.1 Å². The average Bonchev–Trinajstić information content (AvgIpc) is 3.20. The lowest BCUT2D eigenvalue weighted by atomic mass is 10.1. The van der Waals surface area contributed by atoms with E-state index in [-0.39, 0.29) is 24.9 Å². The largest absolute Gasteiger partial charge is 0.353 e. The quantitative estimate of drug-likeness (QED) is 0.537. The fourth-order valence-corrected chi connectivity index (χ4v) is 3.93. The number of para-hydroxylation sites is 1. The first kappa shape index (κ1) is 24.0. The number of rotatable bonds is 10. The van der Waals surface area contributed by atoms with Crippen molar-refractivity contribution in [2.75, 3.05) is 38.1 Å². The Labute approximate surface area is 195 Å². The molecule has 7 nitrogen and oxygen atoms in total. The van der Waals surface area contributed by atoms with E-state index in [1.54, 1.807) is 23.0 Å². The molecule has 0 aliphatic carbocycles. The van der Waals surface area contributed by atoms with Gasteiger partial charge in [0, 0.05) is 39.3 Å². The van der Waals surface area contributed by atoms with Crippen LogP contribution in [0.5, 0.6) is 0 Å². The third-order valence-electron chi connectivity index (χ3n) is 5.46. The van der Waals surface area contributed by atoms with Crippen LogP contribution in [0.3, 0.4) is 0 Å². The Morgan fingerprint density at radius 3 is 2.25 bits per heavy atom. The van der Waals surface area contributed by atoms with Crippen LogP contribution in [0.25, 0.3) is 0 Å². The van der Waals surface area contributed by atoms with Gasteiger partial charge in [-0.25, -0.2) is 5.01 Å². The van der Waals surface area contributed by atoms with Gasteiger partial charge in [0.1, 0.15) is 0 Å². The highest BCUT2D eigenvalue weighted by Gasteiger charge is 2.27. The Morgan fingerprint density at radius 2 is 1.62 bits per heavy atom. The number of amides is 2. The van der Waals surface area contributed by atoms with Crippen LogP contribution in [0.4, 0.5) is 5.69 Å². The number of likely N-dealkylation sites (N-methyl/N-ethyl adjacent to an activating group) is 1. The van der Waals surface area contributed by atoms with Crippen molar-refractivity contribution in [3.8, 4) is 0 Å². The lowest BCUT2D eigenvalue weighted by Crippen LogP contribution is -2.48. The molecule has 8 heteroatoms. The van der Waals surface area contributed by atoms with Crippen molar-refractivity contribution in [3.05, 3.63) is 64.7 Å². The van der Waals surface area contributed by atoms with Gasteiger partial charge in [-0.2, -0.15) is 0 Å². The van der Waals surface area contributed by atoms with Gasteiger partial charge in [-0.1, -0.05) is 61.8 Å². The maximum absolute atomic E-state index is 13.2. The van der Waals surface area contributed by atoms with Gasteiger partial charge in [-0.15, -0.1) is 0 Å². The maximum Gasteiger partial charge on any atom is 0.256 e. The lowest BCUT2D eigenvalue weighted by Gasteiger charge is -2.31. The smallest absolute Gasteiger partial charge is 0.256 e. The molecule has 0 aromatic heterocycles. The van der Waals surface area contributed by atoms with Crippen LogP contribution >= 0.6 is 11.6 Å². The standard InChI is InChI=1S/C24H32ClN5O2/c1-18(2)26-12-13-27-23(31)16-29(22-11-7-6-10-21(22)25)17-24(32)28(3)30-14-19-8-4-5-9-20(19)15-30/h4-11,18,26H,12-17H2,1-3H3,(H,27,31). The number of hydrogen-bond acceptors (Lipinski definition) is 5. The van der Waals surface area contributed by atoms with Crippen molar-refractivity contribution in [1.29, 1.82) is 0 Å². The van der Waals surface area contributed by atoms with Crippen molar-refractivity contribution >= 4 is 29.1 Å². The number of fused-ring (bicyclic) bond motifs is 1. The van der Waals surface area contributed by atoms with Crippen LogP contribution in [0.1, 0.15) is 25.0 Å². The third kappa shape index (κ3) is 6.45. The topological polar surface area (TPSA) is 67.9 Å². The van der Waals surface area contributed by atoms with E-state index in [2.05, 4.69) is 36.6 Å². The molecule has 2 amide bonds. The van der Waals surface area contributed by atoms with Gasteiger partial charge in [0.15, 0.2) is 0 Å². The summed E-state index contributed by atoms with van der Waals surface area (Å²) in [6.07, 6.45) is 0. The molecule has 32 heavy (non-hydrogen) atoms. The molecule has 0 saturated carbocycles. The molecular formula is C24H32ClN5O2. The van der Waals surface area contributed by atoms with E-state index in [1.165, 1.54) is 11.1 Å². The van der Waals surface area contributed by atoms with Gasteiger partial charge in [0.25, 0.3) is 5.91 Å². The fourth-order valence-electron chi connectivity index (χ4n) is 3.68. The van der Waals surface area contributed by atoms with E-state index in [9.17, 15) is 9.59 Å². The van der Waals surface area contributed by atoms with Crippen molar-refractivity contribution in [1.82, 2.24) is 20.7 Å². The van der Waals surface area contributed by atoms with Crippen molar-refractivity contribution in [2.45, 2.75) is 33.0 Å². The molecule has 0 fully saturated rings. The minimum atomic E-state index is -0.153. The minimum Gasteiger partial charge on any atom is -0.353 e. The first-order valence-electron chi connectivity index (χ1n) is 10.9. The number of nitrogens with one attached hydrogen (secondary N) is 2. The molecule has 1 aliphatic rings. The average molecular weight is 458 g/mol. The highest BCUT2D eigenvalue weighted by molar-refractivity contribution is 6.33. The molecule has 2 aromatic rings. The van der Waals surface area contributed by atoms with E-state index >= 15 is 0 Å². The Balaban J connectivity index is 1.64. The van der Waals surface area contributed by atoms with Crippen LogP contribution in [-0.2, 0) is 22.7 Å². The summed E-state index contributed by atoms with van der Waals surface area (Å²) in [5, 5.41) is 10.3. The summed E-state index contributed by atoms with van der Waals surface area (Å²) in [7, 11) is 1.77. The molecule has 0 atom stereocenters. The molecule has 172 valence electrons. The summed E-state index contributed by atoms with van der Waals surface area (Å²) in [5.74, 6) is -0.258. The van der Waals surface area contributed by atoms with Crippen LogP contribution in [0.15, 0.2) is 48.5 Å². The number of carbonyl (C=O) groups is 2. The molecule has 1 aliphatic heterocycles. The SMILES string of the molecule is CC(C)NCCNC(=O)CN(CC(=O)N(C)N1Cc2ccccc2C1)c1ccccc1Cl. The summed E-state index contributed by atoms with van der Waals surface area (Å²) in [4.78, 5) is 27.5. The lowest BCUT2D eigenvalue weighted by molar-refractivity contribution is -0.145. The highest BCUT2D eigenvalue weighted by atomic mass is 35.5. The van der Waals surface area contributed by atoms with Crippen LogP contribution < -0.4 is 15.5 Å². The number of carbonyl (C=O) groups excluding carboxylic acids is 2. The zero-order valence-electron chi connectivity index (χ0n) is 19.0. The van der Waals surface area contributed by atoms with Crippen LogP contribution in [0, 0.1) is 0 Å². The molecule has 0 spiro atoms. The first-order valence-corrected chi connectivity index (χ1v) is 11.3. The van der Waals surface area contributed by atoms with E-state index in [1.807, 2.05) is 35.3 Å². The second-order valence-electron chi connectivity index (χ2n) is 8.27. The number of anilines is 1. The second-order valence-corrected chi connectivity index (χ2v) is 8.68. The zero-order valence-corrected chi connectivity index (χ0v) is 19.7. The number of nitrogens with zero attached hydrogens (tertiary/aromatic N) is 3. The summed E-state index contributed by atoms with van der Waals surface area (Å²) < 4.78 is 0. The van der Waals surface area contributed by atoms with E-state index < -0.39 is 0 Å². The van der Waals surface area contributed by atoms with Crippen molar-refractivity contribution in [2.24, 2.45) is 0 Å². The molecule has 0 unspecified atom stereocenters. The van der Waals surface area contributed by atoms with Gasteiger partial charge in [-0.05, 0) is 23.3 Å². The predicted molar refractivity (Wildman–Crippen MR) is 128 cm³/mol. The molecule has 2 N–H and O–H groups in total. The second kappa shape index (κ2) is 11.3. The minimum absolute atomic E-state index is 0.0464.